The monoisotopic (exact) mass is 156 g/mol. The molecule has 0 atom stereocenters. The minimum absolute atomic E-state index is 0.797. The fourth-order valence-electron chi connectivity index (χ4n) is 0.801. The standard InChI is InChI=1S/C10H20O/c1-9(2)6-5-7-11-8-10(3)4/h8-9H,5-7H2,1-4H3. The second-order valence-electron chi connectivity index (χ2n) is 3.60. The van der Waals surface area contributed by atoms with E-state index in [0.29, 0.717) is 0 Å². The van der Waals surface area contributed by atoms with Crippen molar-refractivity contribution in [2.75, 3.05) is 6.61 Å². The molecule has 66 valence electrons. The lowest BCUT2D eigenvalue weighted by Gasteiger charge is -2.03. The van der Waals surface area contributed by atoms with Gasteiger partial charge in [0, 0.05) is 0 Å². The fraction of sp³-hybridized carbons (Fsp3) is 0.800. The SMILES string of the molecule is CC(C)=COCCCC(C)C. The molecule has 0 aliphatic rings. The van der Waals surface area contributed by atoms with E-state index < -0.39 is 0 Å². The van der Waals surface area contributed by atoms with Gasteiger partial charge in [-0.15, -0.1) is 0 Å². The molecule has 0 spiro atoms. The van der Waals surface area contributed by atoms with Crippen molar-refractivity contribution in [2.45, 2.75) is 40.5 Å². The van der Waals surface area contributed by atoms with Gasteiger partial charge in [0.05, 0.1) is 12.9 Å². The Morgan fingerprint density at radius 3 is 2.45 bits per heavy atom. The summed E-state index contributed by atoms with van der Waals surface area (Å²) >= 11 is 0. The Morgan fingerprint density at radius 1 is 1.36 bits per heavy atom. The van der Waals surface area contributed by atoms with Crippen LogP contribution in [0, 0.1) is 5.92 Å². The zero-order chi connectivity index (χ0) is 8.69. The van der Waals surface area contributed by atoms with Gasteiger partial charge in [-0.2, -0.15) is 0 Å². The molecule has 0 aromatic rings. The molecule has 0 amide bonds. The van der Waals surface area contributed by atoms with E-state index in [9.17, 15) is 0 Å². The maximum absolute atomic E-state index is 5.28. The van der Waals surface area contributed by atoms with Crippen LogP contribution in [0.2, 0.25) is 0 Å². The molecule has 0 bridgehead atoms. The van der Waals surface area contributed by atoms with Gasteiger partial charge in [-0.1, -0.05) is 13.8 Å². The lowest BCUT2D eigenvalue weighted by Crippen LogP contribution is -1.92. The van der Waals surface area contributed by atoms with Gasteiger partial charge in [-0.3, -0.25) is 0 Å². The van der Waals surface area contributed by atoms with Crippen molar-refractivity contribution in [1.29, 1.82) is 0 Å². The molecular weight excluding hydrogens is 136 g/mol. The Morgan fingerprint density at radius 2 is 2.00 bits per heavy atom. The molecule has 0 rings (SSSR count). The molecule has 11 heavy (non-hydrogen) atoms. The van der Waals surface area contributed by atoms with E-state index in [1.54, 1.807) is 0 Å². The molecule has 0 fully saturated rings. The first-order chi connectivity index (χ1) is 5.13. The minimum Gasteiger partial charge on any atom is -0.501 e. The second kappa shape index (κ2) is 6.26. The highest BCUT2D eigenvalue weighted by atomic mass is 16.5. The van der Waals surface area contributed by atoms with Gasteiger partial charge in [0.2, 0.25) is 0 Å². The highest BCUT2D eigenvalue weighted by Gasteiger charge is 1.92. The van der Waals surface area contributed by atoms with E-state index in [4.69, 9.17) is 4.74 Å². The third-order valence-electron chi connectivity index (χ3n) is 1.36. The summed E-state index contributed by atoms with van der Waals surface area (Å²) in [6.45, 7) is 9.43. The summed E-state index contributed by atoms with van der Waals surface area (Å²) in [5, 5.41) is 0. The van der Waals surface area contributed by atoms with Crippen molar-refractivity contribution in [3.05, 3.63) is 11.8 Å². The van der Waals surface area contributed by atoms with Crippen molar-refractivity contribution in [2.24, 2.45) is 5.92 Å². The molecule has 0 aromatic carbocycles. The van der Waals surface area contributed by atoms with Crippen LogP contribution in [0.5, 0.6) is 0 Å². The van der Waals surface area contributed by atoms with Gasteiger partial charge in [0.15, 0.2) is 0 Å². The fourth-order valence-corrected chi connectivity index (χ4v) is 0.801. The predicted octanol–water partition coefficient (Wildman–Crippen LogP) is 3.36. The third kappa shape index (κ3) is 9.54. The zero-order valence-electron chi connectivity index (χ0n) is 8.18. The molecule has 1 heteroatoms. The first-order valence-corrected chi connectivity index (χ1v) is 4.38. The Kier molecular flexibility index (Phi) is 6.00. The minimum atomic E-state index is 0.797. The predicted molar refractivity (Wildman–Crippen MR) is 49.5 cm³/mol. The van der Waals surface area contributed by atoms with Gasteiger partial charge in [-0.25, -0.2) is 0 Å². The average Bonchev–Trinajstić information content (AvgIpc) is 1.85. The van der Waals surface area contributed by atoms with Crippen LogP contribution in [-0.2, 0) is 4.74 Å². The van der Waals surface area contributed by atoms with Crippen LogP contribution in [0.25, 0.3) is 0 Å². The van der Waals surface area contributed by atoms with E-state index in [-0.39, 0.29) is 0 Å². The Hall–Kier alpha value is -0.460. The normalized spacial score (nSPS) is 9.91. The van der Waals surface area contributed by atoms with E-state index in [1.807, 2.05) is 20.1 Å². The molecule has 0 radical (unpaired) electrons. The number of allylic oxidation sites excluding steroid dienone is 1. The van der Waals surface area contributed by atoms with E-state index in [0.717, 1.165) is 12.5 Å². The molecule has 0 saturated heterocycles. The summed E-state index contributed by atoms with van der Waals surface area (Å²) in [7, 11) is 0. The van der Waals surface area contributed by atoms with E-state index in [1.165, 1.54) is 18.4 Å². The summed E-state index contributed by atoms with van der Waals surface area (Å²) in [6, 6.07) is 0. The number of hydrogen-bond acceptors (Lipinski definition) is 1. The van der Waals surface area contributed by atoms with Crippen LogP contribution in [0.4, 0.5) is 0 Å². The van der Waals surface area contributed by atoms with Crippen molar-refractivity contribution < 1.29 is 4.74 Å². The number of rotatable bonds is 5. The van der Waals surface area contributed by atoms with Crippen molar-refractivity contribution in [3.8, 4) is 0 Å². The maximum Gasteiger partial charge on any atom is 0.0873 e. The first-order valence-electron chi connectivity index (χ1n) is 4.38. The van der Waals surface area contributed by atoms with Crippen LogP contribution in [0.15, 0.2) is 11.8 Å². The summed E-state index contributed by atoms with van der Waals surface area (Å²) < 4.78 is 5.28. The molecule has 0 N–H and O–H groups in total. The van der Waals surface area contributed by atoms with Crippen molar-refractivity contribution >= 4 is 0 Å². The summed E-state index contributed by atoms with van der Waals surface area (Å²) in [6.07, 6.45) is 4.26. The Bertz CT molecular complexity index is 110. The summed E-state index contributed by atoms with van der Waals surface area (Å²) in [4.78, 5) is 0. The third-order valence-corrected chi connectivity index (χ3v) is 1.36. The second-order valence-corrected chi connectivity index (χ2v) is 3.60. The quantitative estimate of drug-likeness (QED) is 0.438. The molecule has 0 unspecified atom stereocenters. The summed E-state index contributed by atoms with van der Waals surface area (Å²) in [5.41, 5.74) is 1.23. The van der Waals surface area contributed by atoms with Gasteiger partial charge in [0.1, 0.15) is 0 Å². The van der Waals surface area contributed by atoms with E-state index in [2.05, 4.69) is 13.8 Å². The van der Waals surface area contributed by atoms with Crippen LogP contribution in [0.3, 0.4) is 0 Å². The van der Waals surface area contributed by atoms with Crippen molar-refractivity contribution in [3.63, 3.8) is 0 Å². The Balaban J connectivity index is 3.09. The molecule has 1 nitrogen and oxygen atoms in total. The van der Waals surface area contributed by atoms with Crippen LogP contribution >= 0.6 is 0 Å². The lowest BCUT2D eigenvalue weighted by molar-refractivity contribution is 0.233. The molecular formula is C10H20O. The maximum atomic E-state index is 5.28. The highest BCUT2D eigenvalue weighted by molar-refractivity contribution is 4.86. The molecule has 0 aromatic heterocycles. The zero-order valence-corrected chi connectivity index (χ0v) is 8.18. The molecule has 0 saturated carbocycles. The Labute approximate surface area is 70.4 Å². The number of ether oxygens (including phenoxy) is 1. The van der Waals surface area contributed by atoms with E-state index >= 15 is 0 Å². The van der Waals surface area contributed by atoms with Gasteiger partial charge in [0.25, 0.3) is 0 Å². The molecule has 0 heterocycles. The van der Waals surface area contributed by atoms with Crippen LogP contribution in [0.1, 0.15) is 40.5 Å². The summed E-state index contributed by atoms with van der Waals surface area (Å²) in [5.74, 6) is 0.797. The largest absolute Gasteiger partial charge is 0.501 e. The number of hydrogen-bond donors (Lipinski definition) is 0. The van der Waals surface area contributed by atoms with Gasteiger partial charge < -0.3 is 4.74 Å². The molecule has 0 aliphatic heterocycles. The van der Waals surface area contributed by atoms with Crippen LogP contribution in [-0.4, -0.2) is 6.61 Å². The van der Waals surface area contributed by atoms with Crippen LogP contribution < -0.4 is 0 Å². The average molecular weight is 156 g/mol. The van der Waals surface area contributed by atoms with Gasteiger partial charge >= 0.3 is 0 Å². The topological polar surface area (TPSA) is 9.23 Å². The highest BCUT2D eigenvalue weighted by Crippen LogP contribution is 2.03. The lowest BCUT2D eigenvalue weighted by atomic mass is 10.1. The van der Waals surface area contributed by atoms with Gasteiger partial charge in [-0.05, 0) is 38.2 Å². The smallest absolute Gasteiger partial charge is 0.0873 e. The molecule has 0 aliphatic carbocycles. The first kappa shape index (κ1) is 10.5. The van der Waals surface area contributed by atoms with Crippen molar-refractivity contribution in [1.82, 2.24) is 0 Å².